The normalized spacial score (nSPS) is 10.6. The number of nitrogens with zero attached hydrogens (tertiary/aromatic N) is 2. The van der Waals surface area contributed by atoms with Crippen LogP contribution in [0.15, 0.2) is 6.07 Å². The molecule has 0 saturated heterocycles. The fourth-order valence-electron chi connectivity index (χ4n) is 1.17. The largest absolute Gasteiger partial charge is 0.481 e. The second kappa shape index (κ2) is 6.27. The molecule has 0 atom stereocenters. The molecule has 0 aliphatic carbocycles. The molecule has 0 radical (unpaired) electrons. The quantitative estimate of drug-likeness (QED) is 0.736. The van der Waals surface area contributed by atoms with E-state index >= 15 is 0 Å². The van der Waals surface area contributed by atoms with Crippen molar-refractivity contribution in [1.82, 2.24) is 15.3 Å². The van der Waals surface area contributed by atoms with Gasteiger partial charge < -0.3 is 14.8 Å². The molecule has 0 bridgehead atoms. The van der Waals surface area contributed by atoms with Crippen LogP contribution in [0.5, 0.6) is 11.9 Å². The van der Waals surface area contributed by atoms with E-state index < -0.39 is 0 Å². The lowest BCUT2D eigenvalue weighted by Gasteiger charge is -2.09. The Morgan fingerprint density at radius 1 is 1.38 bits per heavy atom. The van der Waals surface area contributed by atoms with Crippen LogP contribution in [0.3, 0.4) is 0 Å². The molecular formula is C11H19N3O2. The molecule has 0 unspecified atom stereocenters. The molecule has 1 aromatic heterocycles. The summed E-state index contributed by atoms with van der Waals surface area (Å²) in [6.07, 6.45) is 0. The van der Waals surface area contributed by atoms with Gasteiger partial charge in [0.2, 0.25) is 5.88 Å². The van der Waals surface area contributed by atoms with Gasteiger partial charge in [-0.2, -0.15) is 4.98 Å². The van der Waals surface area contributed by atoms with Gasteiger partial charge in [-0.15, -0.1) is 0 Å². The van der Waals surface area contributed by atoms with E-state index in [1.165, 1.54) is 0 Å². The Labute approximate surface area is 96.2 Å². The summed E-state index contributed by atoms with van der Waals surface area (Å²) in [5.74, 6) is 0.527. The fourth-order valence-corrected chi connectivity index (χ4v) is 1.17. The number of rotatable bonds is 6. The van der Waals surface area contributed by atoms with Crippen molar-refractivity contribution in [3.63, 3.8) is 0 Å². The number of hydrogen-bond acceptors (Lipinski definition) is 5. The SMILES string of the molecule is COc1cc(C)nc(OCCNC(C)C)n1. The summed E-state index contributed by atoms with van der Waals surface area (Å²) in [6.45, 7) is 7.38. The van der Waals surface area contributed by atoms with Gasteiger partial charge >= 0.3 is 6.01 Å². The van der Waals surface area contributed by atoms with Crippen molar-refractivity contribution in [3.8, 4) is 11.9 Å². The van der Waals surface area contributed by atoms with Crippen LogP contribution >= 0.6 is 0 Å². The molecule has 16 heavy (non-hydrogen) atoms. The van der Waals surface area contributed by atoms with E-state index in [1.54, 1.807) is 13.2 Å². The summed E-state index contributed by atoms with van der Waals surface area (Å²) in [6, 6.07) is 2.58. The van der Waals surface area contributed by atoms with Crippen LogP contribution in [0.4, 0.5) is 0 Å². The first-order valence-corrected chi connectivity index (χ1v) is 5.37. The Balaban J connectivity index is 2.44. The van der Waals surface area contributed by atoms with Crippen LogP contribution in [0.2, 0.25) is 0 Å². The average molecular weight is 225 g/mol. The van der Waals surface area contributed by atoms with Gasteiger partial charge in [-0.1, -0.05) is 13.8 Å². The van der Waals surface area contributed by atoms with Crippen LogP contribution in [0.25, 0.3) is 0 Å². The van der Waals surface area contributed by atoms with Crippen LogP contribution in [-0.2, 0) is 0 Å². The fraction of sp³-hybridized carbons (Fsp3) is 0.636. The topological polar surface area (TPSA) is 56.3 Å². The number of nitrogens with one attached hydrogen (secondary N) is 1. The molecule has 0 aliphatic rings. The van der Waals surface area contributed by atoms with Crippen molar-refractivity contribution in [2.24, 2.45) is 0 Å². The number of aryl methyl sites for hydroxylation is 1. The third kappa shape index (κ3) is 4.44. The first-order chi connectivity index (χ1) is 7.61. The maximum atomic E-state index is 5.42. The first kappa shape index (κ1) is 12.7. The van der Waals surface area contributed by atoms with Gasteiger partial charge in [-0.05, 0) is 6.92 Å². The summed E-state index contributed by atoms with van der Waals surface area (Å²) >= 11 is 0. The maximum absolute atomic E-state index is 5.42. The molecule has 1 rings (SSSR count). The minimum Gasteiger partial charge on any atom is -0.481 e. The molecule has 90 valence electrons. The molecule has 5 nitrogen and oxygen atoms in total. The van der Waals surface area contributed by atoms with Gasteiger partial charge in [0.15, 0.2) is 0 Å². The van der Waals surface area contributed by atoms with Crippen molar-refractivity contribution in [2.75, 3.05) is 20.3 Å². The summed E-state index contributed by atoms with van der Waals surface area (Å²) in [5.41, 5.74) is 0.832. The standard InChI is InChI=1S/C11H19N3O2/c1-8(2)12-5-6-16-11-13-9(3)7-10(14-11)15-4/h7-8,12H,5-6H2,1-4H3. The molecule has 1 N–H and O–H groups in total. The van der Waals surface area contributed by atoms with E-state index in [2.05, 4.69) is 29.1 Å². The van der Waals surface area contributed by atoms with Gasteiger partial charge in [-0.25, -0.2) is 4.98 Å². The Morgan fingerprint density at radius 3 is 2.75 bits per heavy atom. The van der Waals surface area contributed by atoms with Crippen molar-refractivity contribution in [1.29, 1.82) is 0 Å². The van der Waals surface area contributed by atoms with E-state index in [1.807, 2.05) is 6.92 Å². The zero-order valence-corrected chi connectivity index (χ0v) is 10.3. The molecule has 0 aliphatic heterocycles. The van der Waals surface area contributed by atoms with E-state index in [0.29, 0.717) is 24.5 Å². The Kier molecular flexibility index (Phi) is 4.98. The molecule has 1 heterocycles. The highest BCUT2D eigenvalue weighted by molar-refractivity contribution is 5.17. The Morgan fingerprint density at radius 2 is 2.12 bits per heavy atom. The lowest BCUT2D eigenvalue weighted by molar-refractivity contribution is 0.278. The average Bonchev–Trinajstić information content (AvgIpc) is 2.23. The Bertz CT molecular complexity index is 329. The number of aromatic nitrogens is 2. The molecule has 0 spiro atoms. The van der Waals surface area contributed by atoms with Gasteiger partial charge in [-0.3, -0.25) is 0 Å². The highest BCUT2D eigenvalue weighted by Gasteiger charge is 2.03. The van der Waals surface area contributed by atoms with Gasteiger partial charge in [0.25, 0.3) is 0 Å². The van der Waals surface area contributed by atoms with Crippen molar-refractivity contribution in [2.45, 2.75) is 26.8 Å². The van der Waals surface area contributed by atoms with Crippen LogP contribution in [0, 0.1) is 6.92 Å². The predicted molar refractivity (Wildman–Crippen MR) is 62.0 cm³/mol. The molecule has 0 aromatic carbocycles. The second-order valence-corrected chi connectivity index (χ2v) is 3.79. The van der Waals surface area contributed by atoms with Crippen LogP contribution < -0.4 is 14.8 Å². The van der Waals surface area contributed by atoms with E-state index in [0.717, 1.165) is 12.2 Å². The minimum atomic E-state index is 0.363. The lowest BCUT2D eigenvalue weighted by Crippen LogP contribution is -2.27. The van der Waals surface area contributed by atoms with Crippen LogP contribution in [-0.4, -0.2) is 36.3 Å². The number of hydrogen-bond donors (Lipinski definition) is 1. The molecular weight excluding hydrogens is 206 g/mol. The highest BCUT2D eigenvalue weighted by atomic mass is 16.5. The zero-order chi connectivity index (χ0) is 12.0. The summed E-state index contributed by atoms with van der Waals surface area (Å²) in [5, 5.41) is 3.25. The summed E-state index contributed by atoms with van der Waals surface area (Å²) in [7, 11) is 1.58. The Hall–Kier alpha value is -1.36. The second-order valence-electron chi connectivity index (χ2n) is 3.79. The zero-order valence-electron chi connectivity index (χ0n) is 10.3. The number of ether oxygens (including phenoxy) is 2. The third-order valence-corrected chi connectivity index (χ3v) is 1.91. The molecule has 5 heteroatoms. The molecule has 0 saturated carbocycles. The maximum Gasteiger partial charge on any atom is 0.319 e. The van der Waals surface area contributed by atoms with E-state index in [4.69, 9.17) is 9.47 Å². The lowest BCUT2D eigenvalue weighted by atomic mass is 10.4. The van der Waals surface area contributed by atoms with E-state index in [9.17, 15) is 0 Å². The predicted octanol–water partition coefficient (Wildman–Crippen LogP) is 1.17. The molecule has 1 aromatic rings. The summed E-state index contributed by atoms with van der Waals surface area (Å²) < 4.78 is 10.4. The van der Waals surface area contributed by atoms with Gasteiger partial charge in [0, 0.05) is 24.3 Å². The molecule has 0 amide bonds. The van der Waals surface area contributed by atoms with Crippen molar-refractivity contribution >= 4 is 0 Å². The van der Waals surface area contributed by atoms with Gasteiger partial charge in [0.1, 0.15) is 6.61 Å². The smallest absolute Gasteiger partial charge is 0.319 e. The highest BCUT2D eigenvalue weighted by Crippen LogP contribution is 2.12. The summed E-state index contributed by atoms with van der Waals surface area (Å²) in [4.78, 5) is 8.24. The van der Waals surface area contributed by atoms with Crippen molar-refractivity contribution in [3.05, 3.63) is 11.8 Å². The third-order valence-electron chi connectivity index (χ3n) is 1.91. The van der Waals surface area contributed by atoms with Gasteiger partial charge in [0.05, 0.1) is 7.11 Å². The number of methoxy groups -OCH3 is 1. The van der Waals surface area contributed by atoms with E-state index in [-0.39, 0.29) is 0 Å². The molecule has 0 fully saturated rings. The van der Waals surface area contributed by atoms with Crippen molar-refractivity contribution < 1.29 is 9.47 Å². The first-order valence-electron chi connectivity index (χ1n) is 5.37. The monoisotopic (exact) mass is 225 g/mol. The minimum absolute atomic E-state index is 0.363. The van der Waals surface area contributed by atoms with Crippen LogP contribution in [0.1, 0.15) is 19.5 Å².